The van der Waals surface area contributed by atoms with Crippen LogP contribution in [-0.2, 0) is 14.4 Å². The number of barbiturate groups is 1. The van der Waals surface area contributed by atoms with Crippen LogP contribution in [0.1, 0.15) is 5.56 Å². The molecule has 2 aromatic rings. The second kappa shape index (κ2) is 8.34. The third kappa shape index (κ3) is 4.39. The van der Waals surface area contributed by atoms with Gasteiger partial charge in [0, 0.05) is 0 Å². The maximum atomic E-state index is 12.9. The minimum Gasteiger partial charge on any atom is -0.484 e. The smallest absolute Gasteiger partial charge is 0.336 e. The lowest BCUT2D eigenvalue weighted by atomic mass is 10.1. The molecular weight excluding hydrogens is 421 g/mol. The molecule has 0 atom stereocenters. The van der Waals surface area contributed by atoms with Crippen LogP contribution in [0.3, 0.4) is 0 Å². The van der Waals surface area contributed by atoms with Gasteiger partial charge in [0.1, 0.15) is 11.3 Å². The summed E-state index contributed by atoms with van der Waals surface area (Å²) in [6.45, 7) is -0.279. The summed E-state index contributed by atoms with van der Waals surface area (Å²) in [4.78, 5) is 48.8. The Bertz CT molecular complexity index is 1050. The van der Waals surface area contributed by atoms with Crippen LogP contribution in [0.5, 0.6) is 5.75 Å². The summed E-state index contributed by atoms with van der Waals surface area (Å²) in [5.74, 6) is -1.93. The standard InChI is InChI=1S/C19H13Cl2N3O5/c20-13-2-1-3-14(16(13)21)24-18(27)12(17(26)23-19(24)28)8-10-4-6-11(7-5-10)29-9-15(22)25/h1-8H,9H2,(H2,22,25)(H,23,26,28)/b12-8-. The highest BCUT2D eigenvalue weighted by molar-refractivity contribution is 6.46. The third-order valence-corrected chi connectivity index (χ3v) is 4.65. The van der Waals surface area contributed by atoms with Crippen molar-refractivity contribution in [3.63, 3.8) is 0 Å². The van der Waals surface area contributed by atoms with Crippen LogP contribution in [0.4, 0.5) is 10.5 Å². The SMILES string of the molecule is NC(=O)COc1ccc(/C=C2/C(=O)NC(=O)N(c3cccc(Cl)c3Cl)C2=O)cc1. The van der Waals surface area contributed by atoms with Gasteiger partial charge in [0.2, 0.25) is 0 Å². The number of hydrogen-bond donors (Lipinski definition) is 2. The molecular formula is C19H13Cl2N3O5. The zero-order chi connectivity index (χ0) is 21.1. The molecule has 0 aromatic heterocycles. The van der Waals surface area contributed by atoms with E-state index in [1.807, 2.05) is 0 Å². The van der Waals surface area contributed by atoms with Gasteiger partial charge in [-0.15, -0.1) is 0 Å². The van der Waals surface area contributed by atoms with Gasteiger partial charge < -0.3 is 10.5 Å². The van der Waals surface area contributed by atoms with E-state index in [1.54, 1.807) is 12.1 Å². The number of anilines is 1. The summed E-state index contributed by atoms with van der Waals surface area (Å²) < 4.78 is 5.15. The maximum Gasteiger partial charge on any atom is 0.336 e. The number of benzene rings is 2. The van der Waals surface area contributed by atoms with Crippen molar-refractivity contribution in [1.82, 2.24) is 5.32 Å². The molecule has 5 amide bonds. The number of nitrogens with two attached hydrogens (primary N) is 1. The lowest BCUT2D eigenvalue weighted by Gasteiger charge is -2.27. The van der Waals surface area contributed by atoms with Crippen molar-refractivity contribution in [2.24, 2.45) is 5.73 Å². The molecule has 3 rings (SSSR count). The number of nitrogens with zero attached hydrogens (tertiary/aromatic N) is 1. The first-order chi connectivity index (χ1) is 13.8. The van der Waals surface area contributed by atoms with Gasteiger partial charge in [-0.1, -0.05) is 41.4 Å². The van der Waals surface area contributed by atoms with Gasteiger partial charge in [-0.2, -0.15) is 0 Å². The van der Waals surface area contributed by atoms with E-state index in [9.17, 15) is 19.2 Å². The Morgan fingerprint density at radius 1 is 1.10 bits per heavy atom. The van der Waals surface area contributed by atoms with Crippen LogP contribution >= 0.6 is 23.2 Å². The van der Waals surface area contributed by atoms with Crippen LogP contribution in [0, 0.1) is 0 Å². The summed E-state index contributed by atoms with van der Waals surface area (Å²) in [5.41, 5.74) is 5.28. The van der Waals surface area contributed by atoms with E-state index in [-0.39, 0.29) is 27.9 Å². The van der Waals surface area contributed by atoms with Gasteiger partial charge in [0.05, 0.1) is 15.7 Å². The number of carbonyl (C=O) groups is 4. The molecule has 1 fully saturated rings. The molecule has 1 heterocycles. The van der Waals surface area contributed by atoms with Gasteiger partial charge in [0.25, 0.3) is 17.7 Å². The molecule has 0 unspecified atom stereocenters. The van der Waals surface area contributed by atoms with E-state index in [0.29, 0.717) is 11.3 Å². The Balaban J connectivity index is 1.91. The molecule has 1 saturated heterocycles. The maximum absolute atomic E-state index is 12.9. The number of halogens is 2. The van der Waals surface area contributed by atoms with Crippen molar-refractivity contribution in [3.05, 3.63) is 63.6 Å². The van der Waals surface area contributed by atoms with Gasteiger partial charge in [-0.05, 0) is 35.9 Å². The first-order valence-corrected chi connectivity index (χ1v) is 8.90. The number of urea groups is 1. The molecule has 8 nitrogen and oxygen atoms in total. The van der Waals surface area contributed by atoms with E-state index < -0.39 is 23.8 Å². The molecule has 0 saturated carbocycles. The minimum atomic E-state index is -0.934. The highest BCUT2D eigenvalue weighted by Gasteiger charge is 2.37. The first kappa shape index (κ1) is 20.4. The van der Waals surface area contributed by atoms with E-state index in [1.165, 1.54) is 36.4 Å². The number of imide groups is 2. The number of carbonyl (C=O) groups excluding carboxylic acids is 4. The second-order valence-corrected chi connectivity index (χ2v) is 6.64. The van der Waals surface area contributed by atoms with Gasteiger partial charge in [0.15, 0.2) is 6.61 Å². The molecule has 0 aliphatic carbocycles. The summed E-state index contributed by atoms with van der Waals surface area (Å²) in [6.07, 6.45) is 1.31. The Hall–Kier alpha value is -3.36. The predicted octanol–water partition coefficient (Wildman–Crippen LogP) is 2.52. The molecule has 29 heavy (non-hydrogen) atoms. The fourth-order valence-electron chi connectivity index (χ4n) is 2.52. The average Bonchev–Trinajstić information content (AvgIpc) is 2.67. The Labute approximate surface area is 174 Å². The zero-order valence-corrected chi connectivity index (χ0v) is 16.2. The fraction of sp³-hybridized carbons (Fsp3) is 0.0526. The van der Waals surface area contributed by atoms with Crippen molar-refractivity contribution < 1.29 is 23.9 Å². The van der Waals surface area contributed by atoms with Crippen molar-refractivity contribution in [3.8, 4) is 5.75 Å². The Morgan fingerprint density at radius 3 is 2.45 bits per heavy atom. The predicted molar refractivity (Wildman–Crippen MR) is 107 cm³/mol. The van der Waals surface area contributed by atoms with Gasteiger partial charge in [-0.3, -0.25) is 19.7 Å². The summed E-state index contributed by atoms with van der Waals surface area (Å²) in [7, 11) is 0. The summed E-state index contributed by atoms with van der Waals surface area (Å²) >= 11 is 12.1. The second-order valence-electron chi connectivity index (χ2n) is 5.85. The van der Waals surface area contributed by atoms with Crippen molar-refractivity contribution in [2.75, 3.05) is 11.5 Å². The molecule has 10 heteroatoms. The highest BCUT2D eigenvalue weighted by atomic mass is 35.5. The van der Waals surface area contributed by atoms with E-state index in [0.717, 1.165) is 4.90 Å². The molecule has 1 aliphatic rings. The van der Waals surface area contributed by atoms with Crippen molar-refractivity contribution in [1.29, 1.82) is 0 Å². The van der Waals surface area contributed by atoms with Crippen LogP contribution in [0.15, 0.2) is 48.0 Å². The van der Waals surface area contributed by atoms with Crippen LogP contribution < -0.4 is 20.7 Å². The lowest BCUT2D eigenvalue weighted by molar-refractivity contribution is -0.123. The molecule has 0 bridgehead atoms. The van der Waals surface area contributed by atoms with Gasteiger partial charge >= 0.3 is 6.03 Å². The van der Waals surface area contributed by atoms with Crippen molar-refractivity contribution in [2.45, 2.75) is 0 Å². The Morgan fingerprint density at radius 2 is 1.79 bits per heavy atom. The normalized spacial score (nSPS) is 15.4. The molecule has 1 aliphatic heterocycles. The average molecular weight is 434 g/mol. The van der Waals surface area contributed by atoms with Crippen LogP contribution in [0.2, 0.25) is 10.0 Å². The molecule has 2 aromatic carbocycles. The zero-order valence-electron chi connectivity index (χ0n) is 14.6. The summed E-state index contributed by atoms with van der Waals surface area (Å²) in [5, 5.41) is 2.25. The largest absolute Gasteiger partial charge is 0.484 e. The first-order valence-electron chi connectivity index (χ1n) is 8.14. The van der Waals surface area contributed by atoms with Gasteiger partial charge in [-0.25, -0.2) is 9.69 Å². The number of hydrogen-bond acceptors (Lipinski definition) is 5. The van der Waals surface area contributed by atoms with Crippen LogP contribution in [0.25, 0.3) is 6.08 Å². The number of amides is 5. The number of ether oxygens (including phenoxy) is 1. The fourth-order valence-corrected chi connectivity index (χ4v) is 2.90. The van der Waals surface area contributed by atoms with Crippen molar-refractivity contribution >= 4 is 58.7 Å². The lowest BCUT2D eigenvalue weighted by Crippen LogP contribution is -2.54. The molecule has 0 radical (unpaired) electrons. The highest BCUT2D eigenvalue weighted by Crippen LogP contribution is 2.34. The Kier molecular flexibility index (Phi) is 5.86. The third-order valence-electron chi connectivity index (χ3n) is 3.85. The molecule has 0 spiro atoms. The van der Waals surface area contributed by atoms with E-state index in [2.05, 4.69) is 5.32 Å². The quantitative estimate of drug-likeness (QED) is 0.554. The summed E-state index contributed by atoms with van der Waals surface area (Å²) in [6, 6.07) is 9.74. The number of rotatable bonds is 5. The molecule has 3 N–H and O–H groups in total. The van der Waals surface area contributed by atoms with E-state index >= 15 is 0 Å². The topological polar surface area (TPSA) is 119 Å². The van der Waals surface area contributed by atoms with Crippen LogP contribution in [-0.4, -0.2) is 30.4 Å². The number of nitrogens with one attached hydrogen (secondary N) is 1. The minimum absolute atomic E-state index is 0.00215. The monoisotopic (exact) mass is 433 g/mol. The molecule has 148 valence electrons. The van der Waals surface area contributed by atoms with E-state index in [4.69, 9.17) is 33.7 Å². The number of primary amides is 1.